The van der Waals surface area contributed by atoms with Crippen LogP contribution in [0.5, 0.6) is 0 Å². The lowest BCUT2D eigenvalue weighted by Gasteiger charge is -2.58. The number of carbonyl (C=O) groups is 2. The van der Waals surface area contributed by atoms with Crippen LogP contribution in [0.4, 0.5) is 0 Å². The number of oxime groups is 1. The topological polar surface area (TPSA) is 76.0 Å². The van der Waals surface area contributed by atoms with E-state index in [1.54, 1.807) is 6.92 Å². The quantitative estimate of drug-likeness (QED) is 0.715. The molecule has 4 aliphatic rings. The number of ketones is 1. The number of aliphatic carboxylic acids is 1. The molecule has 1 N–H and O–H groups in total. The zero-order valence-corrected chi connectivity index (χ0v) is 17.4. The summed E-state index contributed by atoms with van der Waals surface area (Å²) >= 11 is 0. The Labute approximate surface area is 167 Å². The van der Waals surface area contributed by atoms with Crippen LogP contribution < -0.4 is 0 Å². The summed E-state index contributed by atoms with van der Waals surface area (Å²) in [6.45, 7) is 6.24. The average Bonchev–Trinajstić information content (AvgIpc) is 2.99. The SMILES string of the molecule is CC(=O)[C@@H]1CC[C@@H]2[C@H]3CCC4=C/C(=N/OCC(=O)O)CC[C@]4(C)[C@H]3CC[C@@]21C. The molecule has 0 unspecified atom stereocenters. The first-order valence-electron chi connectivity index (χ1n) is 10.9. The number of hydrogen-bond donors (Lipinski definition) is 1. The number of fused-ring (bicyclic) bond motifs is 5. The Hall–Kier alpha value is -1.65. The van der Waals surface area contributed by atoms with Gasteiger partial charge in [0.1, 0.15) is 5.78 Å². The lowest BCUT2D eigenvalue weighted by molar-refractivity contribution is -0.142. The van der Waals surface area contributed by atoms with Crippen molar-refractivity contribution in [2.75, 3.05) is 6.61 Å². The summed E-state index contributed by atoms with van der Waals surface area (Å²) in [5, 5.41) is 12.8. The number of nitrogens with zero attached hydrogens (tertiary/aromatic N) is 1. The van der Waals surface area contributed by atoms with E-state index in [1.165, 1.54) is 31.3 Å². The Morgan fingerprint density at radius 2 is 1.93 bits per heavy atom. The summed E-state index contributed by atoms with van der Waals surface area (Å²) < 4.78 is 0. The van der Waals surface area contributed by atoms with Gasteiger partial charge in [-0.25, -0.2) is 4.79 Å². The normalized spacial score (nSPS) is 43.5. The van der Waals surface area contributed by atoms with E-state index in [4.69, 9.17) is 9.94 Å². The predicted octanol–water partition coefficient (Wildman–Crippen LogP) is 4.61. The summed E-state index contributed by atoms with van der Waals surface area (Å²) in [6, 6.07) is 0. The number of Topliss-reactive ketones (excluding diaryl/α,β-unsaturated/α-hetero) is 1. The Balaban J connectivity index is 1.55. The third-order valence-corrected chi connectivity index (χ3v) is 8.84. The van der Waals surface area contributed by atoms with Crippen molar-refractivity contribution >= 4 is 17.5 Å². The van der Waals surface area contributed by atoms with Crippen molar-refractivity contribution in [3.05, 3.63) is 11.6 Å². The van der Waals surface area contributed by atoms with E-state index in [1.807, 2.05) is 0 Å². The van der Waals surface area contributed by atoms with Crippen molar-refractivity contribution < 1.29 is 19.5 Å². The minimum absolute atomic E-state index is 0.205. The highest BCUT2D eigenvalue weighted by Crippen LogP contribution is 2.66. The van der Waals surface area contributed by atoms with Gasteiger partial charge >= 0.3 is 5.97 Å². The molecule has 0 radical (unpaired) electrons. The third-order valence-electron chi connectivity index (χ3n) is 8.84. The maximum Gasteiger partial charge on any atom is 0.344 e. The van der Waals surface area contributed by atoms with E-state index in [9.17, 15) is 9.59 Å². The Kier molecular flexibility index (Phi) is 4.91. The number of allylic oxidation sites excluding steroid dienone is 2. The highest BCUT2D eigenvalue weighted by molar-refractivity contribution is 5.96. The van der Waals surface area contributed by atoms with Gasteiger partial charge in [0, 0.05) is 5.92 Å². The lowest BCUT2D eigenvalue weighted by Crippen LogP contribution is -2.51. The van der Waals surface area contributed by atoms with Crippen LogP contribution in [-0.2, 0) is 14.4 Å². The molecule has 0 aromatic carbocycles. The lowest BCUT2D eigenvalue weighted by atomic mass is 9.46. The molecule has 28 heavy (non-hydrogen) atoms. The van der Waals surface area contributed by atoms with Gasteiger partial charge in [0.2, 0.25) is 6.61 Å². The van der Waals surface area contributed by atoms with E-state index in [0.717, 1.165) is 37.3 Å². The highest BCUT2D eigenvalue weighted by atomic mass is 16.6. The zero-order chi connectivity index (χ0) is 20.1. The van der Waals surface area contributed by atoms with Crippen LogP contribution in [0.1, 0.15) is 72.1 Å². The summed E-state index contributed by atoms with van der Waals surface area (Å²) in [5.41, 5.74) is 2.77. The van der Waals surface area contributed by atoms with Gasteiger partial charge in [0.25, 0.3) is 0 Å². The Bertz CT molecular complexity index is 741. The van der Waals surface area contributed by atoms with Gasteiger partial charge < -0.3 is 9.94 Å². The Morgan fingerprint density at radius 3 is 2.64 bits per heavy atom. The molecule has 4 rings (SSSR count). The van der Waals surface area contributed by atoms with E-state index in [0.29, 0.717) is 17.6 Å². The number of carboxylic acid groups (broad SMARTS) is 1. The fourth-order valence-corrected chi connectivity index (χ4v) is 7.48. The van der Waals surface area contributed by atoms with Crippen molar-refractivity contribution in [1.29, 1.82) is 0 Å². The second kappa shape index (κ2) is 7.00. The van der Waals surface area contributed by atoms with Gasteiger partial charge in [-0.3, -0.25) is 4.79 Å². The molecule has 3 saturated carbocycles. The molecule has 0 bridgehead atoms. The molecule has 0 spiro atoms. The first-order chi connectivity index (χ1) is 13.3. The van der Waals surface area contributed by atoms with Crippen LogP contribution in [-0.4, -0.2) is 29.2 Å². The van der Waals surface area contributed by atoms with E-state index in [-0.39, 0.29) is 23.4 Å². The molecule has 6 atom stereocenters. The number of carbonyl (C=O) groups excluding carboxylic acids is 1. The first kappa shape index (κ1) is 19.7. The fraction of sp³-hybridized carbons (Fsp3) is 0.783. The largest absolute Gasteiger partial charge is 0.479 e. The van der Waals surface area contributed by atoms with Crippen LogP contribution in [0, 0.1) is 34.5 Å². The molecule has 0 aromatic heterocycles. The van der Waals surface area contributed by atoms with Gasteiger partial charge in [-0.2, -0.15) is 0 Å². The van der Waals surface area contributed by atoms with E-state index in [2.05, 4.69) is 25.1 Å². The van der Waals surface area contributed by atoms with Gasteiger partial charge in [-0.05, 0) is 93.0 Å². The summed E-state index contributed by atoms with van der Waals surface area (Å²) in [4.78, 5) is 27.8. The Morgan fingerprint density at radius 1 is 1.14 bits per heavy atom. The van der Waals surface area contributed by atoms with Crippen LogP contribution >= 0.6 is 0 Å². The van der Waals surface area contributed by atoms with Gasteiger partial charge in [0.15, 0.2) is 0 Å². The van der Waals surface area contributed by atoms with Crippen molar-refractivity contribution in [3.63, 3.8) is 0 Å². The van der Waals surface area contributed by atoms with Crippen LogP contribution in [0.15, 0.2) is 16.8 Å². The summed E-state index contributed by atoms with van der Waals surface area (Å²) in [5.74, 6) is 1.77. The number of carboxylic acids is 1. The van der Waals surface area contributed by atoms with Crippen molar-refractivity contribution in [2.45, 2.75) is 72.1 Å². The molecule has 0 saturated heterocycles. The molecule has 0 heterocycles. The molecule has 4 aliphatic carbocycles. The summed E-state index contributed by atoms with van der Waals surface area (Å²) in [6.07, 6.45) is 11.1. The minimum Gasteiger partial charge on any atom is -0.479 e. The maximum atomic E-state index is 12.3. The first-order valence-corrected chi connectivity index (χ1v) is 10.9. The number of rotatable bonds is 4. The molecule has 154 valence electrons. The third kappa shape index (κ3) is 3.02. The molecular formula is C23H33NO4. The smallest absolute Gasteiger partial charge is 0.344 e. The van der Waals surface area contributed by atoms with E-state index < -0.39 is 5.97 Å². The highest BCUT2D eigenvalue weighted by Gasteiger charge is 2.59. The molecule has 0 aromatic rings. The predicted molar refractivity (Wildman–Crippen MR) is 107 cm³/mol. The molecule has 5 nitrogen and oxygen atoms in total. The van der Waals surface area contributed by atoms with Crippen molar-refractivity contribution in [1.82, 2.24) is 0 Å². The van der Waals surface area contributed by atoms with E-state index >= 15 is 0 Å². The molecule has 5 heteroatoms. The van der Waals surface area contributed by atoms with Gasteiger partial charge in [-0.1, -0.05) is 24.6 Å². The maximum absolute atomic E-state index is 12.3. The van der Waals surface area contributed by atoms with Crippen LogP contribution in [0.25, 0.3) is 0 Å². The molecule has 0 amide bonds. The van der Waals surface area contributed by atoms with Crippen molar-refractivity contribution in [3.8, 4) is 0 Å². The molecular weight excluding hydrogens is 354 g/mol. The minimum atomic E-state index is -0.996. The van der Waals surface area contributed by atoms with Crippen LogP contribution in [0.2, 0.25) is 0 Å². The zero-order valence-electron chi connectivity index (χ0n) is 17.4. The van der Waals surface area contributed by atoms with Gasteiger partial charge in [-0.15, -0.1) is 0 Å². The monoisotopic (exact) mass is 387 g/mol. The average molecular weight is 388 g/mol. The van der Waals surface area contributed by atoms with Crippen molar-refractivity contribution in [2.24, 2.45) is 39.7 Å². The number of hydrogen-bond acceptors (Lipinski definition) is 4. The fourth-order valence-electron chi connectivity index (χ4n) is 7.48. The second-order valence-electron chi connectivity index (χ2n) is 10.0. The second-order valence-corrected chi connectivity index (χ2v) is 10.0. The molecule has 3 fully saturated rings. The van der Waals surface area contributed by atoms with Gasteiger partial charge in [0.05, 0.1) is 5.71 Å². The van der Waals surface area contributed by atoms with Crippen LogP contribution in [0.3, 0.4) is 0 Å². The molecule has 0 aliphatic heterocycles. The summed E-state index contributed by atoms with van der Waals surface area (Å²) in [7, 11) is 0. The standard InChI is InChI=1S/C23H33NO4/c1-14(25)18-6-7-19-17-5-4-15-12-16(24-28-13-21(26)27)8-10-22(15,2)20(17)9-11-23(18,19)3/h12,17-20H,4-11,13H2,1-3H3,(H,26,27)/b24-16+/t17-,18+,19-,20+,22+,23-/m1/s1.